The van der Waals surface area contributed by atoms with Gasteiger partial charge in [0.05, 0.1) is 22.1 Å². The number of hydrogen-bond acceptors (Lipinski definition) is 6. The molecule has 2 aromatic rings. The average Bonchev–Trinajstić information content (AvgIpc) is 3.29. The first-order valence-corrected chi connectivity index (χ1v) is 11.7. The molecule has 2 unspecified atom stereocenters. The molecule has 2 atom stereocenters. The predicted octanol–water partition coefficient (Wildman–Crippen LogP) is 4.33. The number of carbonyl (C=O) groups excluding carboxylic acids is 1. The molecular formula is C21H29N3O3S2. The Hall–Kier alpha value is -1.61. The van der Waals surface area contributed by atoms with Gasteiger partial charge >= 0.3 is 6.09 Å². The summed E-state index contributed by atoms with van der Waals surface area (Å²) in [5.41, 5.74) is 1.40. The number of aromatic nitrogens is 1. The van der Waals surface area contributed by atoms with E-state index in [2.05, 4.69) is 4.98 Å². The predicted molar refractivity (Wildman–Crippen MR) is 117 cm³/mol. The van der Waals surface area contributed by atoms with E-state index in [1.165, 1.54) is 0 Å². The molecule has 0 aliphatic carbocycles. The minimum absolute atomic E-state index is 0.268. The van der Waals surface area contributed by atoms with E-state index < -0.39 is 17.0 Å². The van der Waals surface area contributed by atoms with Crippen LogP contribution in [-0.4, -0.2) is 57.1 Å². The smallest absolute Gasteiger partial charge is 0.410 e. The quantitative estimate of drug-likeness (QED) is 0.654. The van der Waals surface area contributed by atoms with Gasteiger partial charge in [0.2, 0.25) is 0 Å². The molecule has 1 amide bonds. The van der Waals surface area contributed by atoms with Crippen molar-refractivity contribution in [1.82, 2.24) is 14.2 Å². The maximum Gasteiger partial charge on any atom is 0.410 e. The molecule has 8 heteroatoms. The fourth-order valence-electron chi connectivity index (χ4n) is 3.35. The SMILES string of the molecule is Cc1nc(-c2cccc([S+]([O-])N(C)CC3CCN(C(=O)OC(C)(C)C)C3)c2)cs1. The standard InChI is InChI=1S/C21H29N3O3S2/c1-15-22-19(14-28-15)17-7-6-8-18(11-17)29(26)23(5)12-16-9-10-24(13-16)20(25)27-21(2,3)4/h6-8,11,14,16H,9-10,12-13H2,1-5H3. The zero-order valence-corrected chi connectivity index (χ0v) is 19.3. The van der Waals surface area contributed by atoms with Crippen LogP contribution in [0.2, 0.25) is 0 Å². The molecule has 3 rings (SSSR count). The fourth-order valence-corrected chi connectivity index (χ4v) is 5.10. The highest BCUT2D eigenvalue weighted by Gasteiger charge is 2.32. The molecule has 29 heavy (non-hydrogen) atoms. The van der Waals surface area contributed by atoms with Gasteiger partial charge in [-0.15, -0.1) is 15.6 Å². The monoisotopic (exact) mass is 435 g/mol. The van der Waals surface area contributed by atoms with Gasteiger partial charge in [0, 0.05) is 43.7 Å². The number of ether oxygens (including phenoxy) is 1. The molecule has 1 saturated heterocycles. The zero-order chi connectivity index (χ0) is 21.2. The van der Waals surface area contributed by atoms with Gasteiger partial charge in [-0.3, -0.25) is 0 Å². The number of amides is 1. The summed E-state index contributed by atoms with van der Waals surface area (Å²) in [6.07, 6.45) is 0.619. The molecule has 158 valence electrons. The number of rotatable bonds is 5. The first-order valence-electron chi connectivity index (χ1n) is 9.76. The second kappa shape index (κ2) is 9.04. The van der Waals surface area contributed by atoms with Crippen LogP contribution in [0, 0.1) is 12.8 Å². The van der Waals surface area contributed by atoms with Crippen LogP contribution in [0.4, 0.5) is 4.79 Å². The minimum Gasteiger partial charge on any atom is -0.593 e. The highest BCUT2D eigenvalue weighted by Crippen LogP contribution is 2.27. The third-order valence-corrected chi connectivity index (χ3v) is 6.83. The van der Waals surface area contributed by atoms with E-state index in [1.807, 2.05) is 68.7 Å². The maximum absolute atomic E-state index is 13.0. The van der Waals surface area contributed by atoms with Crippen LogP contribution in [0.1, 0.15) is 32.2 Å². The Kier molecular flexibility index (Phi) is 6.88. The van der Waals surface area contributed by atoms with Crippen molar-refractivity contribution in [3.63, 3.8) is 0 Å². The first-order chi connectivity index (χ1) is 13.6. The van der Waals surface area contributed by atoms with Crippen molar-refractivity contribution < 1.29 is 14.1 Å². The molecule has 0 bridgehead atoms. The summed E-state index contributed by atoms with van der Waals surface area (Å²) < 4.78 is 20.4. The van der Waals surface area contributed by atoms with Crippen molar-refractivity contribution in [2.24, 2.45) is 5.92 Å². The Bertz CT molecular complexity index is 850. The summed E-state index contributed by atoms with van der Waals surface area (Å²) >= 11 is 0.342. The molecule has 2 heterocycles. The molecule has 6 nitrogen and oxygen atoms in total. The van der Waals surface area contributed by atoms with Gasteiger partial charge in [-0.05, 0) is 46.1 Å². The lowest BCUT2D eigenvalue weighted by molar-refractivity contribution is 0.0287. The van der Waals surface area contributed by atoms with E-state index in [-0.39, 0.29) is 12.0 Å². The van der Waals surface area contributed by atoms with Crippen LogP contribution in [0.25, 0.3) is 11.3 Å². The lowest BCUT2D eigenvalue weighted by atomic mass is 10.1. The molecule has 1 aliphatic rings. The van der Waals surface area contributed by atoms with E-state index in [0.717, 1.165) is 27.6 Å². The number of carbonyl (C=O) groups is 1. The van der Waals surface area contributed by atoms with Gasteiger partial charge in [-0.25, -0.2) is 9.78 Å². The number of benzene rings is 1. The van der Waals surface area contributed by atoms with Crippen LogP contribution in [0.3, 0.4) is 0 Å². The molecule has 0 spiro atoms. The van der Waals surface area contributed by atoms with Crippen molar-refractivity contribution >= 4 is 28.8 Å². The molecule has 1 aromatic heterocycles. The van der Waals surface area contributed by atoms with Gasteiger partial charge in [0.1, 0.15) is 5.60 Å². The summed E-state index contributed by atoms with van der Waals surface area (Å²) in [7, 11) is 1.87. The van der Waals surface area contributed by atoms with E-state index in [4.69, 9.17) is 4.74 Å². The topological polar surface area (TPSA) is 68.7 Å². The third kappa shape index (κ3) is 5.94. The van der Waals surface area contributed by atoms with Gasteiger partial charge in [0.15, 0.2) is 4.90 Å². The Labute approximate surface area is 180 Å². The summed E-state index contributed by atoms with van der Waals surface area (Å²) in [4.78, 5) is 19.3. The first kappa shape index (κ1) is 22.1. The summed E-state index contributed by atoms with van der Waals surface area (Å²) in [5.74, 6) is 0.279. The lowest BCUT2D eigenvalue weighted by Gasteiger charge is -2.25. The van der Waals surface area contributed by atoms with Crippen molar-refractivity contribution in [2.45, 2.75) is 44.6 Å². The molecular weight excluding hydrogens is 406 g/mol. The van der Waals surface area contributed by atoms with E-state index in [9.17, 15) is 9.35 Å². The van der Waals surface area contributed by atoms with Gasteiger partial charge in [-0.1, -0.05) is 12.1 Å². The number of hydrogen-bond donors (Lipinski definition) is 0. The normalized spacial score (nSPS) is 18.3. The van der Waals surface area contributed by atoms with Crippen molar-refractivity contribution in [2.75, 3.05) is 26.7 Å². The second-order valence-corrected chi connectivity index (χ2v) is 11.1. The number of nitrogens with zero attached hydrogens (tertiary/aromatic N) is 3. The Morgan fingerprint density at radius 1 is 1.45 bits per heavy atom. The highest BCUT2D eigenvalue weighted by molar-refractivity contribution is 7.89. The largest absolute Gasteiger partial charge is 0.593 e. The van der Waals surface area contributed by atoms with Crippen LogP contribution in [-0.2, 0) is 16.1 Å². The van der Waals surface area contributed by atoms with Crippen molar-refractivity contribution in [3.05, 3.63) is 34.7 Å². The Morgan fingerprint density at radius 3 is 2.86 bits per heavy atom. The molecule has 0 saturated carbocycles. The second-order valence-electron chi connectivity index (χ2n) is 8.42. The highest BCUT2D eigenvalue weighted by atomic mass is 32.2. The molecule has 1 fully saturated rings. The Balaban J connectivity index is 1.59. The van der Waals surface area contributed by atoms with E-state index in [1.54, 1.807) is 16.2 Å². The Morgan fingerprint density at radius 2 is 2.21 bits per heavy atom. The van der Waals surface area contributed by atoms with E-state index >= 15 is 0 Å². The fraction of sp³-hybridized carbons (Fsp3) is 0.524. The summed E-state index contributed by atoms with van der Waals surface area (Å²) in [5, 5.41) is 3.03. The molecule has 0 N–H and O–H groups in total. The van der Waals surface area contributed by atoms with Crippen molar-refractivity contribution in [1.29, 1.82) is 0 Å². The number of likely N-dealkylation sites (tertiary alicyclic amines) is 1. The third-order valence-electron chi connectivity index (χ3n) is 4.69. The van der Waals surface area contributed by atoms with Gasteiger partial charge in [0.25, 0.3) is 0 Å². The van der Waals surface area contributed by atoms with Crippen LogP contribution >= 0.6 is 11.3 Å². The minimum atomic E-state index is -1.26. The average molecular weight is 436 g/mol. The van der Waals surface area contributed by atoms with Crippen LogP contribution < -0.4 is 0 Å². The molecule has 1 aliphatic heterocycles. The summed E-state index contributed by atoms with van der Waals surface area (Å²) in [6.45, 7) is 9.56. The molecule has 1 aromatic carbocycles. The number of aryl methyl sites for hydroxylation is 1. The van der Waals surface area contributed by atoms with Gasteiger partial charge in [-0.2, -0.15) is 0 Å². The lowest BCUT2D eigenvalue weighted by Crippen LogP contribution is -2.37. The van der Waals surface area contributed by atoms with Gasteiger partial charge < -0.3 is 14.2 Å². The zero-order valence-electron chi connectivity index (χ0n) is 17.7. The van der Waals surface area contributed by atoms with E-state index in [0.29, 0.717) is 19.6 Å². The number of thiazole rings is 1. The van der Waals surface area contributed by atoms with Crippen LogP contribution in [0.15, 0.2) is 34.5 Å². The maximum atomic E-state index is 13.0. The summed E-state index contributed by atoms with van der Waals surface area (Å²) in [6, 6.07) is 7.75. The van der Waals surface area contributed by atoms with Crippen LogP contribution in [0.5, 0.6) is 0 Å². The molecule has 0 radical (unpaired) electrons. The van der Waals surface area contributed by atoms with Crippen molar-refractivity contribution in [3.8, 4) is 11.3 Å².